The third-order valence-electron chi connectivity index (χ3n) is 6.06. The van der Waals surface area contributed by atoms with E-state index in [4.69, 9.17) is 4.74 Å². The van der Waals surface area contributed by atoms with Crippen LogP contribution in [0.5, 0.6) is 0 Å². The number of nitro groups is 1. The smallest absolute Gasteiger partial charge is 0.309 e. The molecule has 4 saturated carbocycles. The molecule has 0 spiro atoms. The Labute approximate surface area is 135 Å². The van der Waals surface area contributed by atoms with E-state index >= 15 is 0 Å². The van der Waals surface area contributed by atoms with Crippen LogP contribution in [-0.2, 0) is 16.1 Å². The molecule has 4 bridgehead atoms. The maximum Gasteiger partial charge on any atom is 0.309 e. The maximum atomic E-state index is 12.6. The van der Waals surface area contributed by atoms with Crippen LogP contribution in [-0.4, -0.2) is 10.9 Å². The minimum atomic E-state index is -0.425. The summed E-state index contributed by atoms with van der Waals surface area (Å²) in [7, 11) is 0. The summed E-state index contributed by atoms with van der Waals surface area (Å²) in [6, 6.07) is 6.47. The van der Waals surface area contributed by atoms with Crippen molar-refractivity contribution in [1.29, 1.82) is 0 Å². The third kappa shape index (κ3) is 2.62. The zero-order valence-corrected chi connectivity index (χ0v) is 13.0. The molecule has 0 aromatic heterocycles. The van der Waals surface area contributed by atoms with Gasteiger partial charge in [0, 0.05) is 6.07 Å². The molecule has 0 amide bonds. The molecule has 5 nitrogen and oxygen atoms in total. The standard InChI is InChI=1S/C18H21NO4/c20-18(23-10-13-3-1-2-4-16(13)19(21)22)17-14-6-11-5-12(8-14)9-15(17)7-11/h1-4,11-12,14-15,17H,5-10H2. The number of carbonyl (C=O) groups excluding carboxylic acids is 1. The van der Waals surface area contributed by atoms with Gasteiger partial charge in [-0.05, 0) is 61.8 Å². The topological polar surface area (TPSA) is 69.4 Å². The summed E-state index contributed by atoms with van der Waals surface area (Å²) in [5, 5.41) is 11.0. The lowest BCUT2D eigenvalue weighted by atomic mass is 9.52. The first-order valence-corrected chi connectivity index (χ1v) is 8.50. The third-order valence-corrected chi connectivity index (χ3v) is 6.06. The molecule has 0 N–H and O–H groups in total. The lowest BCUT2D eigenvalue weighted by Crippen LogP contribution is -2.48. The average Bonchev–Trinajstić information content (AvgIpc) is 2.52. The molecule has 4 aliphatic rings. The quantitative estimate of drug-likeness (QED) is 0.482. The Morgan fingerprint density at radius 3 is 2.30 bits per heavy atom. The van der Waals surface area contributed by atoms with Crippen LogP contribution in [0.2, 0.25) is 0 Å². The van der Waals surface area contributed by atoms with Crippen molar-refractivity contribution < 1.29 is 14.5 Å². The van der Waals surface area contributed by atoms with Crippen LogP contribution in [0.4, 0.5) is 5.69 Å². The molecule has 0 saturated heterocycles. The molecule has 5 rings (SSSR count). The lowest BCUT2D eigenvalue weighted by Gasteiger charge is -2.53. The van der Waals surface area contributed by atoms with Crippen molar-refractivity contribution in [2.24, 2.45) is 29.6 Å². The normalized spacial score (nSPS) is 34.3. The lowest BCUT2D eigenvalue weighted by molar-refractivity contribution is -0.385. The summed E-state index contributed by atoms with van der Waals surface area (Å²) in [4.78, 5) is 23.2. The highest BCUT2D eigenvalue weighted by molar-refractivity contribution is 5.73. The van der Waals surface area contributed by atoms with Crippen molar-refractivity contribution in [3.63, 3.8) is 0 Å². The molecule has 0 unspecified atom stereocenters. The van der Waals surface area contributed by atoms with E-state index in [1.165, 1.54) is 12.5 Å². The number of hydrogen-bond donors (Lipinski definition) is 0. The first kappa shape index (κ1) is 14.7. The fourth-order valence-electron chi connectivity index (χ4n) is 5.37. The van der Waals surface area contributed by atoms with Crippen molar-refractivity contribution in [3.8, 4) is 0 Å². The highest BCUT2D eigenvalue weighted by Gasteiger charge is 2.51. The summed E-state index contributed by atoms with van der Waals surface area (Å²) in [5.74, 6) is 2.46. The Bertz CT molecular complexity index is 614. The Morgan fingerprint density at radius 1 is 1.09 bits per heavy atom. The van der Waals surface area contributed by atoms with Gasteiger partial charge in [0.25, 0.3) is 5.69 Å². The van der Waals surface area contributed by atoms with Crippen molar-refractivity contribution in [2.75, 3.05) is 0 Å². The van der Waals surface area contributed by atoms with E-state index in [1.54, 1.807) is 18.2 Å². The second-order valence-electron chi connectivity index (χ2n) is 7.45. The molecule has 122 valence electrons. The Kier molecular flexibility index (Phi) is 3.58. The van der Waals surface area contributed by atoms with E-state index in [0.29, 0.717) is 17.4 Å². The number of rotatable bonds is 4. The number of para-hydroxylation sites is 1. The molecule has 5 heteroatoms. The number of ether oxygens (including phenoxy) is 1. The van der Waals surface area contributed by atoms with Crippen LogP contribution in [0, 0.1) is 39.7 Å². The SMILES string of the molecule is O=C(OCc1ccccc1[N+](=O)[O-])C1C2CC3CC(C2)CC1C3. The Hall–Kier alpha value is -1.91. The van der Waals surface area contributed by atoms with E-state index in [2.05, 4.69) is 0 Å². The van der Waals surface area contributed by atoms with Gasteiger partial charge in [-0.3, -0.25) is 14.9 Å². The number of nitro benzene ring substituents is 1. The number of benzene rings is 1. The first-order valence-electron chi connectivity index (χ1n) is 8.50. The predicted molar refractivity (Wildman–Crippen MR) is 83.4 cm³/mol. The number of esters is 1. The van der Waals surface area contributed by atoms with Gasteiger partial charge in [-0.15, -0.1) is 0 Å². The van der Waals surface area contributed by atoms with Crippen molar-refractivity contribution >= 4 is 11.7 Å². The largest absolute Gasteiger partial charge is 0.460 e. The summed E-state index contributed by atoms with van der Waals surface area (Å²) >= 11 is 0. The maximum absolute atomic E-state index is 12.6. The van der Waals surface area contributed by atoms with Crippen LogP contribution >= 0.6 is 0 Å². The summed E-state index contributed by atoms with van der Waals surface area (Å²) in [6.07, 6.45) is 6.01. The number of carbonyl (C=O) groups is 1. The van der Waals surface area contributed by atoms with Gasteiger partial charge in [0.05, 0.1) is 16.4 Å². The second-order valence-corrected chi connectivity index (χ2v) is 7.45. The van der Waals surface area contributed by atoms with Crippen molar-refractivity contribution in [3.05, 3.63) is 39.9 Å². The fourth-order valence-corrected chi connectivity index (χ4v) is 5.37. The monoisotopic (exact) mass is 315 g/mol. The van der Waals surface area contributed by atoms with E-state index < -0.39 is 4.92 Å². The molecule has 1 aromatic carbocycles. The minimum absolute atomic E-state index is 0.00121. The molecule has 0 atom stereocenters. The summed E-state index contributed by atoms with van der Waals surface area (Å²) in [5.41, 5.74) is 0.486. The summed E-state index contributed by atoms with van der Waals surface area (Å²) < 4.78 is 5.50. The molecule has 1 aromatic rings. The van der Waals surface area contributed by atoms with Gasteiger partial charge in [-0.25, -0.2) is 0 Å². The Balaban J connectivity index is 1.44. The van der Waals surface area contributed by atoms with Crippen molar-refractivity contribution in [1.82, 2.24) is 0 Å². The molecule has 4 fully saturated rings. The molecule has 4 aliphatic carbocycles. The Morgan fingerprint density at radius 2 is 1.70 bits per heavy atom. The van der Waals surface area contributed by atoms with Crippen LogP contribution < -0.4 is 0 Å². The fraction of sp³-hybridized carbons (Fsp3) is 0.611. The van der Waals surface area contributed by atoms with Gasteiger partial charge in [-0.1, -0.05) is 12.1 Å². The van der Waals surface area contributed by atoms with E-state index in [1.807, 2.05) is 0 Å². The van der Waals surface area contributed by atoms with Crippen molar-refractivity contribution in [2.45, 2.75) is 38.7 Å². The molecule has 23 heavy (non-hydrogen) atoms. The van der Waals surface area contributed by atoms with Gasteiger partial charge in [-0.2, -0.15) is 0 Å². The van der Waals surface area contributed by atoms with E-state index in [0.717, 1.165) is 37.5 Å². The number of hydrogen-bond acceptors (Lipinski definition) is 4. The van der Waals surface area contributed by atoms with Gasteiger partial charge in [0.15, 0.2) is 0 Å². The van der Waals surface area contributed by atoms with Gasteiger partial charge in [0.1, 0.15) is 6.61 Å². The predicted octanol–water partition coefficient (Wildman–Crippen LogP) is 3.71. The molecular formula is C18H21NO4. The average molecular weight is 315 g/mol. The molecule has 0 radical (unpaired) electrons. The molecule has 0 heterocycles. The van der Waals surface area contributed by atoms with Crippen LogP contribution in [0.1, 0.15) is 37.7 Å². The second kappa shape index (κ2) is 5.62. The zero-order valence-electron chi connectivity index (χ0n) is 13.0. The van der Waals surface area contributed by atoms with Gasteiger partial charge in [0.2, 0.25) is 0 Å². The summed E-state index contributed by atoms with van der Waals surface area (Å²) in [6.45, 7) is -0.00121. The molecule has 0 aliphatic heterocycles. The van der Waals surface area contributed by atoms with Crippen LogP contribution in [0.25, 0.3) is 0 Å². The highest BCUT2D eigenvalue weighted by atomic mass is 16.6. The van der Waals surface area contributed by atoms with Gasteiger partial charge >= 0.3 is 5.97 Å². The van der Waals surface area contributed by atoms with Gasteiger partial charge < -0.3 is 4.74 Å². The van der Waals surface area contributed by atoms with Crippen LogP contribution in [0.15, 0.2) is 24.3 Å². The molecular weight excluding hydrogens is 294 g/mol. The minimum Gasteiger partial charge on any atom is -0.460 e. The van der Waals surface area contributed by atoms with E-state index in [9.17, 15) is 14.9 Å². The van der Waals surface area contributed by atoms with E-state index in [-0.39, 0.29) is 24.2 Å². The number of nitrogens with zero attached hydrogens (tertiary/aromatic N) is 1. The highest BCUT2D eigenvalue weighted by Crippen LogP contribution is 2.56. The van der Waals surface area contributed by atoms with Crippen LogP contribution in [0.3, 0.4) is 0 Å². The first-order chi connectivity index (χ1) is 11.1. The zero-order chi connectivity index (χ0) is 16.0.